The fourth-order valence-electron chi connectivity index (χ4n) is 2.96. The van der Waals surface area contributed by atoms with Crippen LogP contribution in [0.5, 0.6) is 5.75 Å². The Morgan fingerprint density at radius 3 is 2.56 bits per heavy atom. The molecule has 0 atom stereocenters. The molecule has 0 unspecified atom stereocenters. The van der Waals surface area contributed by atoms with E-state index >= 15 is 0 Å². The molecule has 2 N–H and O–H groups in total. The molecule has 0 spiro atoms. The average molecular weight is 475 g/mol. The lowest BCUT2D eigenvalue weighted by Crippen LogP contribution is -2.29. The molecule has 2 aromatic rings. The van der Waals surface area contributed by atoms with E-state index in [1.165, 1.54) is 18.2 Å². The normalized spacial score (nSPS) is 14.7. The fraction of sp³-hybridized carbons (Fsp3) is 0.182. The molecule has 166 valence electrons. The van der Waals surface area contributed by atoms with Gasteiger partial charge in [0.1, 0.15) is 5.75 Å². The van der Waals surface area contributed by atoms with Gasteiger partial charge in [0, 0.05) is 18.0 Å². The van der Waals surface area contributed by atoms with Crippen molar-refractivity contribution in [1.29, 1.82) is 0 Å². The smallest absolute Gasteiger partial charge is 0.337 e. The third-order valence-electron chi connectivity index (χ3n) is 4.56. The summed E-state index contributed by atoms with van der Waals surface area (Å²) in [5.74, 6) is -1.38. The highest BCUT2D eigenvalue weighted by Crippen LogP contribution is 2.32. The van der Waals surface area contributed by atoms with Gasteiger partial charge in [0.25, 0.3) is 11.1 Å². The molecule has 0 bridgehead atoms. The van der Waals surface area contributed by atoms with Crippen LogP contribution in [-0.2, 0) is 9.59 Å². The van der Waals surface area contributed by atoms with Crippen molar-refractivity contribution in [1.82, 2.24) is 4.90 Å². The van der Waals surface area contributed by atoms with E-state index in [-0.39, 0.29) is 35.7 Å². The number of benzene rings is 2. The lowest BCUT2D eigenvalue weighted by molar-refractivity contribution is -0.123. The van der Waals surface area contributed by atoms with Crippen LogP contribution >= 0.6 is 23.4 Å². The van der Waals surface area contributed by atoms with Crippen LogP contribution < -0.4 is 10.1 Å². The molecule has 1 saturated heterocycles. The van der Waals surface area contributed by atoms with E-state index in [0.29, 0.717) is 10.7 Å². The van der Waals surface area contributed by atoms with Crippen molar-refractivity contribution >= 4 is 58.1 Å². The average Bonchev–Trinajstić information content (AvgIpc) is 3.02. The fourth-order valence-corrected chi connectivity index (χ4v) is 3.99. The van der Waals surface area contributed by atoms with Crippen molar-refractivity contribution in [2.75, 3.05) is 19.0 Å². The maximum atomic E-state index is 12.6. The van der Waals surface area contributed by atoms with E-state index in [1.807, 2.05) is 0 Å². The van der Waals surface area contributed by atoms with Crippen molar-refractivity contribution < 1.29 is 29.0 Å². The van der Waals surface area contributed by atoms with Crippen molar-refractivity contribution in [2.45, 2.75) is 12.8 Å². The molecule has 10 heteroatoms. The number of halogens is 1. The Kier molecular flexibility index (Phi) is 7.55. The second-order valence-electron chi connectivity index (χ2n) is 6.75. The maximum Gasteiger partial charge on any atom is 0.337 e. The van der Waals surface area contributed by atoms with Gasteiger partial charge in [-0.2, -0.15) is 0 Å². The minimum atomic E-state index is -1.22. The number of carbonyl (C=O) groups excluding carboxylic acids is 3. The van der Waals surface area contributed by atoms with Crippen LogP contribution in [0.3, 0.4) is 0 Å². The topological polar surface area (TPSA) is 113 Å². The highest BCUT2D eigenvalue weighted by atomic mass is 35.5. The molecule has 0 radical (unpaired) electrons. The number of hydrogen-bond acceptors (Lipinski definition) is 6. The molecule has 1 aliphatic rings. The number of carboxylic acids is 1. The van der Waals surface area contributed by atoms with E-state index in [9.17, 15) is 24.3 Å². The first kappa shape index (κ1) is 23.4. The van der Waals surface area contributed by atoms with Crippen LogP contribution in [0.1, 0.15) is 28.8 Å². The molecule has 1 heterocycles. The van der Waals surface area contributed by atoms with Crippen molar-refractivity contribution in [3.05, 3.63) is 63.5 Å². The zero-order chi connectivity index (χ0) is 23.3. The number of hydrogen-bond donors (Lipinski definition) is 2. The molecule has 3 rings (SSSR count). The van der Waals surface area contributed by atoms with Crippen molar-refractivity contribution in [2.24, 2.45) is 0 Å². The maximum absolute atomic E-state index is 12.6. The molecular formula is C22H19ClN2O6S. The first-order valence-electron chi connectivity index (χ1n) is 9.50. The summed E-state index contributed by atoms with van der Waals surface area (Å²) in [6.07, 6.45) is 1.86. The van der Waals surface area contributed by atoms with Gasteiger partial charge in [0.15, 0.2) is 0 Å². The van der Waals surface area contributed by atoms with E-state index in [4.69, 9.17) is 16.3 Å². The summed E-state index contributed by atoms with van der Waals surface area (Å²) in [6, 6.07) is 11.2. The number of carbonyl (C=O) groups is 4. The molecule has 3 amide bonds. The first-order chi connectivity index (χ1) is 15.3. The molecular weight excluding hydrogens is 456 g/mol. The van der Waals surface area contributed by atoms with Crippen LogP contribution in [-0.4, -0.2) is 46.7 Å². The van der Waals surface area contributed by atoms with Crippen molar-refractivity contribution in [3.8, 4) is 5.75 Å². The Balaban J connectivity index is 1.56. The van der Waals surface area contributed by atoms with Crippen LogP contribution in [0.15, 0.2) is 47.4 Å². The van der Waals surface area contributed by atoms with E-state index < -0.39 is 23.0 Å². The zero-order valence-electron chi connectivity index (χ0n) is 17.0. The number of amides is 3. The van der Waals surface area contributed by atoms with E-state index in [1.54, 1.807) is 37.5 Å². The summed E-state index contributed by atoms with van der Waals surface area (Å²) < 4.78 is 5.10. The van der Waals surface area contributed by atoms with Crippen LogP contribution in [0.25, 0.3) is 6.08 Å². The number of ether oxygens (including phenoxy) is 1. The minimum Gasteiger partial charge on any atom is -0.497 e. The number of anilines is 1. The molecule has 2 aromatic carbocycles. The van der Waals surface area contributed by atoms with Gasteiger partial charge in [-0.3, -0.25) is 19.3 Å². The summed E-state index contributed by atoms with van der Waals surface area (Å²) in [4.78, 5) is 49.7. The molecule has 0 aromatic heterocycles. The predicted molar refractivity (Wildman–Crippen MR) is 122 cm³/mol. The second-order valence-corrected chi connectivity index (χ2v) is 8.18. The number of rotatable bonds is 8. The highest BCUT2D eigenvalue weighted by molar-refractivity contribution is 8.18. The molecule has 8 nitrogen and oxygen atoms in total. The molecule has 1 fully saturated rings. The Bertz CT molecular complexity index is 1100. The third kappa shape index (κ3) is 5.68. The summed E-state index contributed by atoms with van der Waals surface area (Å²) in [6.45, 7) is 0.0739. The predicted octanol–water partition coefficient (Wildman–Crippen LogP) is 4.50. The SMILES string of the molecule is COc1ccc(C=C2SC(=O)N(CCCC(=O)Nc3ccc(Cl)cc3C(=O)O)C2=O)cc1. The van der Waals surface area contributed by atoms with Gasteiger partial charge in [-0.25, -0.2) is 4.79 Å². The number of methoxy groups -OCH3 is 1. The summed E-state index contributed by atoms with van der Waals surface area (Å²) in [5.41, 5.74) is 0.758. The van der Waals surface area contributed by atoms with Gasteiger partial charge in [-0.15, -0.1) is 0 Å². The molecule has 32 heavy (non-hydrogen) atoms. The lowest BCUT2D eigenvalue weighted by Gasteiger charge is -2.13. The molecule has 0 saturated carbocycles. The number of nitrogens with one attached hydrogen (secondary N) is 1. The number of nitrogens with zero attached hydrogens (tertiary/aromatic N) is 1. The van der Waals surface area contributed by atoms with Gasteiger partial charge in [0.05, 0.1) is 23.3 Å². The highest BCUT2D eigenvalue weighted by Gasteiger charge is 2.34. The van der Waals surface area contributed by atoms with Crippen molar-refractivity contribution in [3.63, 3.8) is 0 Å². The number of imide groups is 1. The van der Waals surface area contributed by atoms with Gasteiger partial charge in [0.2, 0.25) is 5.91 Å². The largest absolute Gasteiger partial charge is 0.497 e. The number of aromatic carboxylic acids is 1. The lowest BCUT2D eigenvalue weighted by atomic mass is 10.1. The quantitative estimate of drug-likeness (QED) is 0.541. The summed E-state index contributed by atoms with van der Waals surface area (Å²) in [5, 5.41) is 11.6. The Morgan fingerprint density at radius 1 is 1.19 bits per heavy atom. The van der Waals surface area contributed by atoms with E-state index in [0.717, 1.165) is 22.2 Å². The standard InChI is InChI=1S/C22H19ClN2O6S/c1-31-15-7-4-13(5-8-15)11-18-20(27)25(22(30)32-18)10-2-3-19(26)24-17-9-6-14(23)12-16(17)21(28)29/h4-9,11-12H,2-3,10H2,1H3,(H,24,26)(H,28,29). The van der Waals surface area contributed by atoms with Gasteiger partial charge < -0.3 is 15.2 Å². The summed E-state index contributed by atoms with van der Waals surface area (Å²) in [7, 11) is 1.56. The van der Waals surface area contributed by atoms with E-state index in [2.05, 4.69) is 5.32 Å². The van der Waals surface area contributed by atoms with Gasteiger partial charge in [-0.1, -0.05) is 23.7 Å². The third-order valence-corrected chi connectivity index (χ3v) is 5.70. The second kappa shape index (κ2) is 10.3. The van der Waals surface area contributed by atoms with Crippen LogP contribution in [0.2, 0.25) is 5.02 Å². The minimum absolute atomic E-state index is 0.000932. The number of carboxylic acid groups (broad SMARTS) is 1. The first-order valence-corrected chi connectivity index (χ1v) is 10.7. The Hall–Kier alpha value is -3.30. The Labute approximate surface area is 193 Å². The number of thioether (sulfide) groups is 1. The van der Waals surface area contributed by atoms with Crippen LogP contribution in [0, 0.1) is 0 Å². The van der Waals surface area contributed by atoms with Crippen LogP contribution in [0.4, 0.5) is 10.5 Å². The molecule has 1 aliphatic heterocycles. The van der Waals surface area contributed by atoms with Gasteiger partial charge >= 0.3 is 5.97 Å². The molecule has 0 aliphatic carbocycles. The zero-order valence-corrected chi connectivity index (χ0v) is 18.5. The monoisotopic (exact) mass is 474 g/mol. The van der Waals surface area contributed by atoms with Gasteiger partial charge in [-0.05, 0) is 60.2 Å². The Morgan fingerprint density at radius 2 is 1.91 bits per heavy atom. The summed E-state index contributed by atoms with van der Waals surface area (Å²) >= 11 is 6.64.